The topological polar surface area (TPSA) is 84.5 Å². The highest BCUT2D eigenvalue weighted by Gasteiger charge is 2.10. The van der Waals surface area contributed by atoms with Gasteiger partial charge in [-0.25, -0.2) is 0 Å². The van der Waals surface area contributed by atoms with Gasteiger partial charge in [-0.05, 0) is 37.7 Å². The Hall–Kier alpha value is -2.28. The van der Waals surface area contributed by atoms with Crippen LogP contribution in [0.2, 0.25) is 0 Å². The van der Waals surface area contributed by atoms with Crippen molar-refractivity contribution < 1.29 is 19.1 Å². The molecule has 0 aliphatic heterocycles. The molecule has 0 aliphatic carbocycles. The van der Waals surface area contributed by atoms with E-state index in [1.54, 1.807) is 24.3 Å². The van der Waals surface area contributed by atoms with E-state index in [1.165, 1.54) is 6.92 Å². The summed E-state index contributed by atoms with van der Waals surface area (Å²) in [4.78, 5) is 34.3. The summed E-state index contributed by atoms with van der Waals surface area (Å²) in [5, 5.41) is 5.41. The van der Waals surface area contributed by atoms with E-state index in [0.29, 0.717) is 17.9 Å². The van der Waals surface area contributed by atoms with Gasteiger partial charge in [0.15, 0.2) is 10.9 Å². The van der Waals surface area contributed by atoms with Crippen molar-refractivity contribution >= 4 is 40.7 Å². The van der Waals surface area contributed by atoms with Crippen LogP contribution in [0, 0.1) is 0 Å². The summed E-state index contributed by atoms with van der Waals surface area (Å²) in [6, 6.07) is 6.78. The Balaban J connectivity index is 2.41. The molecule has 2 N–H and O–H groups in total. The number of hydrogen-bond donors (Lipinski definition) is 2. The number of anilines is 1. The van der Waals surface area contributed by atoms with Gasteiger partial charge in [-0.3, -0.25) is 14.4 Å². The fourth-order valence-corrected chi connectivity index (χ4v) is 1.90. The SMILES string of the molecule is CCCOC(=O)CCC(=O)NC(=S)Nc1cccc(C(C)=O)c1. The van der Waals surface area contributed by atoms with Crippen LogP contribution in [0.4, 0.5) is 5.69 Å². The fraction of sp³-hybridized carbons (Fsp3) is 0.375. The predicted molar refractivity (Wildman–Crippen MR) is 91.3 cm³/mol. The number of ether oxygens (including phenoxy) is 1. The van der Waals surface area contributed by atoms with Crippen molar-refractivity contribution in [1.29, 1.82) is 0 Å². The molecule has 0 radical (unpaired) electrons. The van der Waals surface area contributed by atoms with E-state index in [9.17, 15) is 14.4 Å². The van der Waals surface area contributed by atoms with Gasteiger partial charge in [-0.1, -0.05) is 19.1 Å². The molecule has 0 saturated heterocycles. The molecular weight excluding hydrogens is 316 g/mol. The number of esters is 1. The molecule has 0 aromatic heterocycles. The highest BCUT2D eigenvalue weighted by atomic mass is 32.1. The molecule has 6 nitrogen and oxygen atoms in total. The fourth-order valence-electron chi connectivity index (χ4n) is 1.67. The number of nitrogens with one attached hydrogen (secondary N) is 2. The number of thiocarbonyl (C=S) groups is 1. The van der Waals surface area contributed by atoms with E-state index < -0.39 is 5.97 Å². The number of carbonyl (C=O) groups excluding carboxylic acids is 3. The molecule has 1 aromatic carbocycles. The van der Waals surface area contributed by atoms with Crippen LogP contribution in [-0.2, 0) is 14.3 Å². The zero-order valence-electron chi connectivity index (χ0n) is 13.2. The van der Waals surface area contributed by atoms with E-state index in [4.69, 9.17) is 17.0 Å². The quantitative estimate of drug-likeness (QED) is 0.452. The standard InChI is InChI=1S/C16H20N2O4S/c1-3-9-22-15(21)8-7-14(20)18-16(23)17-13-6-4-5-12(10-13)11(2)19/h4-6,10H,3,7-9H2,1-2H3,(H2,17,18,20,23). The van der Waals surface area contributed by atoms with E-state index in [-0.39, 0.29) is 29.6 Å². The maximum Gasteiger partial charge on any atom is 0.306 e. The van der Waals surface area contributed by atoms with Crippen molar-refractivity contribution in [3.63, 3.8) is 0 Å². The molecule has 7 heteroatoms. The van der Waals surface area contributed by atoms with Gasteiger partial charge in [0.2, 0.25) is 5.91 Å². The molecule has 0 aliphatic rings. The van der Waals surface area contributed by atoms with E-state index in [2.05, 4.69) is 10.6 Å². The minimum Gasteiger partial charge on any atom is -0.466 e. The van der Waals surface area contributed by atoms with Gasteiger partial charge >= 0.3 is 5.97 Å². The van der Waals surface area contributed by atoms with Crippen molar-refractivity contribution in [2.24, 2.45) is 0 Å². The van der Waals surface area contributed by atoms with Crippen LogP contribution in [0.3, 0.4) is 0 Å². The molecule has 1 amide bonds. The normalized spacial score (nSPS) is 9.83. The Morgan fingerprint density at radius 3 is 2.61 bits per heavy atom. The van der Waals surface area contributed by atoms with Crippen LogP contribution in [-0.4, -0.2) is 29.4 Å². The molecule has 0 saturated carbocycles. The number of carbonyl (C=O) groups is 3. The van der Waals surface area contributed by atoms with Gasteiger partial charge in [0, 0.05) is 17.7 Å². The van der Waals surface area contributed by atoms with Crippen LogP contribution in [0.1, 0.15) is 43.5 Å². The van der Waals surface area contributed by atoms with Crippen molar-refractivity contribution in [2.45, 2.75) is 33.1 Å². The minimum absolute atomic E-state index is 0.00213. The number of hydrogen-bond acceptors (Lipinski definition) is 5. The molecule has 124 valence electrons. The summed E-state index contributed by atoms with van der Waals surface area (Å²) in [5.74, 6) is -0.845. The number of ketones is 1. The molecule has 0 atom stereocenters. The van der Waals surface area contributed by atoms with Gasteiger partial charge in [0.05, 0.1) is 13.0 Å². The lowest BCUT2D eigenvalue weighted by Gasteiger charge is -2.10. The van der Waals surface area contributed by atoms with Gasteiger partial charge in [-0.15, -0.1) is 0 Å². The Bertz CT molecular complexity index is 601. The molecule has 23 heavy (non-hydrogen) atoms. The van der Waals surface area contributed by atoms with Gasteiger partial charge in [-0.2, -0.15) is 0 Å². The molecule has 1 aromatic rings. The summed E-state index contributed by atoms with van der Waals surface area (Å²) < 4.78 is 4.88. The first kappa shape index (κ1) is 18.8. The Labute approximate surface area is 140 Å². The Morgan fingerprint density at radius 2 is 1.96 bits per heavy atom. The van der Waals surface area contributed by atoms with E-state index >= 15 is 0 Å². The first-order valence-electron chi connectivity index (χ1n) is 7.29. The molecule has 0 heterocycles. The zero-order chi connectivity index (χ0) is 17.2. The molecule has 0 bridgehead atoms. The van der Waals surface area contributed by atoms with Gasteiger partial charge < -0.3 is 15.4 Å². The number of benzene rings is 1. The molecule has 1 rings (SSSR count). The van der Waals surface area contributed by atoms with Gasteiger partial charge in [0.25, 0.3) is 0 Å². The number of amides is 1. The van der Waals surface area contributed by atoms with Gasteiger partial charge in [0.1, 0.15) is 0 Å². The highest BCUT2D eigenvalue weighted by Crippen LogP contribution is 2.11. The molecular formula is C16H20N2O4S. The monoisotopic (exact) mass is 336 g/mol. The summed E-state index contributed by atoms with van der Waals surface area (Å²) in [6.07, 6.45) is 0.747. The second-order valence-electron chi connectivity index (χ2n) is 4.86. The Kier molecular flexibility index (Phi) is 7.90. The lowest BCUT2D eigenvalue weighted by molar-refractivity contribution is -0.144. The van der Waals surface area contributed by atoms with Crippen LogP contribution in [0.25, 0.3) is 0 Å². The zero-order valence-corrected chi connectivity index (χ0v) is 14.0. The highest BCUT2D eigenvalue weighted by molar-refractivity contribution is 7.80. The maximum absolute atomic E-state index is 11.7. The summed E-state index contributed by atoms with van der Waals surface area (Å²) in [6.45, 7) is 3.72. The van der Waals surface area contributed by atoms with Crippen molar-refractivity contribution in [2.75, 3.05) is 11.9 Å². The van der Waals surface area contributed by atoms with Crippen LogP contribution in [0.5, 0.6) is 0 Å². The summed E-state index contributed by atoms with van der Waals surface area (Å²) >= 11 is 5.03. The van der Waals surface area contributed by atoms with Crippen molar-refractivity contribution in [3.05, 3.63) is 29.8 Å². The van der Waals surface area contributed by atoms with Crippen LogP contribution >= 0.6 is 12.2 Å². The van der Waals surface area contributed by atoms with Crippen LogP contribution in [0.15, 0.2) is 24.3 Å². The second-order valence-corrected chi connectivity index (χ2v) is 5.27. The Morgan fingerprint density at radius 1 is 1.22 bits per heavy atom. The smallest absolute Gasteiger partial charge is 0.306 e. The van der Waals surface area contributed by atoms with E-state index in [1.807, 2.05) is 6.92 Å². The summed E-state index contributed by atoms with van der Waals surface area (Å²) in [7, 11) is 0. The van der Waals surface area contributed by atoms with Crippen molar-refractivity contribution in [3.8, 4) is 0 Å². The summed E-state index contributed by atoms with van der Waals surface area (Å²) in [5.41, 5.74) is 1.15. The number of rotatable bonds is 7. The van der Waals surface area contributed by atoms with Crippen LogP contribution < -0.4 is 10.6 Å². The third kappa shape index (κ3) is 7.51. The predicted octanol–water partition coefficient (Wildman–Crippen LogP) is 2.44. The lowest BCUT2D eigenvalue weighted by Crippen LogP contribution is -2.34. The minimum atomic E-state index is -0.407. The largest absolute Gasteiger partial charge is 0.466 e. The lowest BCUT2D eigenvalue weighted by atomic mass is 10.1. The second kappa shape index (κ2) is 9.68. The number of Topliss-reactive ketones (excluding diaryl/α,β-unsaturated/α-hetero) is 1. The third-order valence-electron chi connectivity index (χ3n) is 2.80. The molecule has 0 fully saturated rings. The molecule has 0 unspecified atom stereocenters. The average molecular weight is 336 g/mol. The van der Waals surface area contributed by atoms with Crippen molar-refractivity contribution in [1.82, 2.24) is 5.32 Å². The van der Waals surface area contributed by atoms with E-state index in [0.717, 1.165) is 6.42 Å². The maximum atomic E-state index is 11.7. The molecule has 0 spiro atoms. The first-order chi connectivity index (χ1) is 10.9. The third-order valence-corrected chi connectivity index (χ3v) is 3.01. The first-order valence-corrected chi connectivity index (χ1v) is 7.70. The average Bonchev–Trinajstić information content (AvgIpc) is 2.51.